The number of rotatable bonds is 8. The lowest BCUT2D eigenvalue weighted by molar-refractivity contribution is 0.0925. The fraction of sp³-hybridized carbons (Fsp3) is 0.458. The maximum Gasteiger partial charge on any atom is 0.251 e. The summed E-state index contributed by atoms with van der Waals surface area (Å²) in [6, 6.07) is 9.41. The van der Waals surface area contributed by atoms with Gasteiger partial charge in [-0.1, -0.05) is 19.9 Å². The van der Waals surface area contributed by atoms with Crippen LogP contribution in [0.3, 0.4) is 0 Å². The zero-order chi connectivity index (χ0) is 24.2. The van der Waals surface area contributed by atoms with E-state index in [4.69, 9.17) is 14.2 Å². The topological polar surface area (TPSA) is 103 Å². The van der Waals surface area contributed by atoms with E-state index in [0.717, 1.165) is 12.0 Å². The van der Waals surface area contributed by atoms with Crippen LogP contribution in [-0.2, 0) is 10.0 Å². The van der Waals surface area contributed by atoms with Crippen molar-refractivity contribution in [3.63, 3.8) is 0 Å². The maximum atomic E-state index is 13.2. The molecule has 0 aromatic heterocycles. The van der Waals surface area contributed by atoms with Gasteiger partial charge in [-0.2, -0.15) is 0 Å². The van der Waals surface area contributed by atoms with E-state index in [9.17, 15) is 13.2 Å². The van der Waals surface area contributed by atoms with Crippen molar-refractivity contribution in [1.29, 1.82) is 0 Å². The van der Waals surface area contributed by atoms with Crippen LogP contribution in [0.5, 0.6) is 17.2 Å². The minimum Gasteiger partial charge on any atom is -0.495 e. The monoisotopic (exact) mass is 476 g/mol. The van der Waals surface area contributed by atoms with E-state index in [1.165, 1.54) is 19.2 Å². The number of nitrogens with one attached hydrogen (secondary N) is 2. The van der Waals surface area contributed by atoms with Crippen LogP contribution < -0.4 is 24.2 Å². The SMILES string of the molecule is COc1ccc(C(=O)N[C@@H](c2ccc3c(c2)OCCCO3)C(C)C)cc1S(=O)(=O)NC(C)C. The molecule has 1 aliphatic heterocycles. The van der Waals surface area contributed by atoms with Crippen molar-refractivity contribution in [1.82, 2.24) is 10.0 Å². The first-order valence-corrected chi connectivity index (χ1v) is 12.5. The molecular formula is C24H32N2O6S. The molecule has 3 rings (SSSR count). The number of amides is 1. The lowest BCUT2D eigenvalue weighted by atomic mass is 9.95. The first-order valence-electron chi connectivity index (χ1n) is 11.0. The summed E-state index contributed by atoms with van der Waals surface area (Å²) in [5.74, 6) is 1.20. The van der Waals surface area contributed by atoms with E-state index in [-0.39, 0.29) is 40.1 Å². The van der Waals surface area contributed by atoms with E-state index < -0.39 is 10.0 Å². The number of carbonyl (C=O) groups is 1. The molecule has 0 saturated carbocycles. The van der Waals surface area contributed by atoms with E-state index in [1.54, 1.807) is 19.9 Å². The minimum absolute atomic E-state index is 0.0720. The number of methoxy groups -OCH3 is 1. The molecule has 1 heterocycles. The molecule has 0 radical (unpaired) electrons. The largest absolute Gasteiger partial charge is 0.495 e. The summed E-state index contributed by atoms with van der Waals surface area (Å²) in [6.07, 6.45) is 0.808. The number of sulfonamides is 1. The van der Waals surface area contributed by atoms with Crippen molar-refractivity contribution in [2.75, 3.05) is 20.3 Å². The summed E-state index contributed by atoms with van der Waals surface area (Å²) >= 11 is 0. The number of fused-ring (bicyclic) bond motifs is 1. The van der Waals surface area contributed by atoms with Gasteiger partial charge in [-0.25, -0.2) is 13.1 Å². The molecule has 0 aliphatic carbocycles. The Morgan fingerprint density at radius 1 is 1.00 bits per heavy atom. The Morgan fingerprint density at radius 3 is 2.33 bits per heavy atom. The lowest BCUT2D eigenvalue weighted by Crippen LogP contribution is -2.33. The quantitative estimate of drug-likeness (QED) is 0.603. The number of hydrogen-bond donors (Lipinski definition) is 2. The van der Waals surface area contributed by atoms with E-state index in [1.807, 2.05) is 32.0 Å². The second kappa shape index (κ2) is 10.4. The van der Waals surface area contributed by atoms with Crippen LogP contribution in [-0.4, -0.2) is 40.7 Å². The molecule has 2 aromatic carbocycles. The third-order valence-corrected chi connectivity index (χ3v) is 6.87. The normalized spacial score (nSPS) is 14.6. The summed E-state index contributed by atoms with van der Waals surface area (Å²) in [4.78, 5) is 13.1. The molecule has 1 atom stereocenters. The van der Waals surface area contributed by atoms with Gasteiger partial charge in [0.15, 0.2) is 11.5 Å². The fourth-order valence-electron chi connectivity index (χ4n) is 3.63. The van der Waals surface area contributed by atoms with Gasteiger partial charge in [0.1, 0.15) is 10.6 Å². The van der Waals surface area contributed by atoms with E-state index >= 15 is 0 Å². The summed E-state index contributed by atoms with van der Waals surface area (Å²) in [7, 11) is -2.46. The van der Waals surface area contributed by atoms with Gasteiger partial charge in [-0.3, -0.25) is 4.79 Å². The number of ether oxygens (including phenoxy) is 3. The molecule has 8 nitrogen and oxygen atoms in total. The second-order valence-corrected chi connectivity index (χ2v) is 10.3. The Bertz CT molecular complexity index is 1100. The lowest BCUT2D eigenvalue weighted by Gasteiger charge is -2.24. The molecule has 2 N–H and O–H groups in total. The predicted molar refractivity (Wildman–Crippen MR) is 126 cm³/mol. The molecule has 33 heavy (non-hydrogen) atoms. The Balaban J connectivity index is 1.90. The average Bonchev–Trinajstić information content (AvgIpc) is 3.00. The van der Waals surface area contributed by atoms with Gasteiger partial charge in [0.25, 0.3) is 5.91 Å². The highest BCUT2D eigenvalue weighted by atomic mass is 32.2. The molecule has 0 unspecified atom stereocenters. The highest BCUT2D eigenvalue weighted by Gasteiger charge is 2.25. The Labute approximate surface area is 195 Å². The van der Waals surface area contributed by atoms with Crippen molar-refractivity contribution in [3.8, 4) is 17.2 Å². The highest BCUT2D eigenvalue weighted by molar-refractivity contribution is 7.89. The fourth-order valence-corrected chi connectivity index (χ4v) is 5.08. The number of hydrogen-bond acceptors (Lipinski definition) is 6. The Hall–Kier alpha value is -2.78. The van der Waals surface area contributed by atoms with Crippen LogP contribution >= 0.6 is 0 Å². The van der Waals surface area contributed by atoms with Gasteiger partial charge < -0.3 is 19.5 Å². The molecule has 9 heteroatoms. The van der Waals surface area contributed by atoms with Crippen molar-refractivity contribution in [2.45, 2.75) is 51.1 Å². The minimum atomic E-state index is -3.85. The smallest absolute Gasteiger partial charge is 0.251 e. The van der Waals surface area contributed by atoms with Gasteiger partial charge in [0, 0.05) is 18.0 Å². The molecular weight excluding hydrogens is 444 g/mol. The van der Waals surface area contributed by atoms with Gasteiger partial charge in [-0.05, 0) is 55.7 Å². The second-order valence-electron chi connectivity index (χ2n) is 8.59. The third kappa shape index (κ3) is 5.97. The maximum absolute atomic E-state index is 13.2. The van der Waals surface area contributed by atoms with Crippen molar-refractivity contribution in [3.05, 3.63) is 47.5 Å². The summed E-state index contributed by atoms with van der Waals surface area (Å²) in [5.41, 5.74) is 1.10. The molecule has 0 fully saturated rings. The first kappa shape index (κ1) is 24.9. The predicted octanol–water partition coefficient (Wildman–Crippen LogP) is 3.67. The van der Waals surface area contributed by atoms with Crippen molar-refractivity contribution in [2.24, 2.45) is 5.92 Å². The van der Waals surface area contributed by atoms with Gasteiger partial charge >= 0.3 is 0 Å². The van der Waals surface area contributed by atoms with Crippen LogP contribution in [0.1, 0.15) is 56.1 Å². The van der Waals surface area contributed by atoms with Crippen LogP contribution in [0.2, 0.25) is 0 Å². The van der Waals surface area contributed by atoms with Crippen LogP contribution in [0, 0.1) is 5.92 Å². The third-order valence-electron chi connectivity index (χ3n) is 5.19. The molecule has 180 valence electrons. The average molecular weight is 477 g/mol. The molecule has 1 amide bonds. The number of carbonyl (C=O) groups excluding carboxylic acids is 1. The van der Waals surface area contributed by atoms with Crippen LogP contribution in [0.25, 0.3) is 0 Å². The Kier molecular flexibility index (Phi) is 7.86. The zero-order valence-corrected chi connectivity index (χ0v) is 20.5. The molecule has 0 spiro atoms. The van der Waals surface area contributed by atoms with Crippen LogP contribution in [0.15, 0.2) is 41.3 Å². The molecule has 1 aliphatic rings. The highest BCUT2D eigenvalue weighted by Crippen LogP contribution is 2.34. The molecule has 2 aromatic rings. The number of benzene rings is 2. The standard InChI is InChI=1S/C24H32N2O6S/c1-15(2)23(17-7-9-19-21(13-17)32-12-6-11-31-19)25-24(27)18-8-10-20(30-5)22(14-18)33(28,29)26-16(3)4/h7-10,13-16,23,26H,6,11-12H2,1-5H3,(H,25,27)/t23-/m1/s1. The van der Waals surface area contributed by atoms with Gasteiger partial charge in [-0.15, -0.1) is 0 Å². The van der Waals surface area contributed by atoms with Gasteiger partial charge in [0.05, 0.1) is 26.4 Å². The van der Waals surface area contributed by atoms with Crippen molar-refractivity contribution < 1.29 is 27.4 Å². The summed E-state index contributed by atoms with van der Waals surface area (Å²) < 4.78 is 44.8. The molecule has 0 saturated heterocycles. The first-order chi connectivity index (χ1) is 15.6. The summed E-state index contributed by atoms with van der Waals surface area (Å²) in [5, 5.41) is 3.04. The van der Waals surface area contributed by atoms with E-state index in [2.05, 4.69) is 10.0 Å². The van der Waals surface area contributed by atoms with E-state index in [0.29, 0.717) is 24.7 Å². The van der Waals surface area contributed by atoms with Crippen molar-refractivity contribution >= 4 is 15.9 Å². The Morgan fingerprint density at radius 2 is 1.70 bits per heavy atom. The van der Waals surface area contributed by atoms with Crippen LogP contribution in [0.4, 0.5) is 0 Å². The summed E-state index contributed by atoms with van der Waals surface area (Å²) in [6.45, 7) is 8.63. The zero-order valence-electron chi connectivity index (χ0n) is 19.7. The van der Waals surface area contributed by atoms with Gasteiger partial charge in [0.2, 0.25) is 10.0 Å². The molecule has 0 bridgehead atoms.